The second kappa shape index (κ2) is 6.76. The average molecular weight is 344 g/mol. The van der Waals surface area contributed by atoms with Crippen molar-refractivity contribution in [3.05, 3.63) is 77.2 Å². The zero-order chi connectivity index (χ0) is 18.0. The normalized spacial score (nSPS) is 10.7. The summed E-state index contributed by atoms with van der Waals surface area (Å²) in [7, 11) is 0. The third-order valence-corrected chi connectivity index (χ3v) is 3.73. The molecule has 6 heteroatoms. The van der Waals surface area contributed by atoms with Crippen LogP contribution < -0.4 is 4.74 Å². The molecule has 0 unspecified atom stereocenters. The van der Waals surface area contributed by atoms with Crippen LogP contribution in [0.4, 0.5) is 8.78 Å². The molecule has 0 spiro atoms. The van der Waals surface area contributed by atoms with Crippen LogP contribution in [0.3, 0.4) is 0 Å². The van der Waals surface area contributed by atoms with Crippen molar-refractivity contribution in [1.29, 1.82) is 0 Å². The van der Waals surface area contributed by atoms with Gasteiger partial charge in [0.1, 0.15) is 29.8 Å². The molecule has 0 aliphatic heterocycles. The molecule has 3 aromatic rings. The van der Waals surface area contributed by atoms with Crippen molar-refractivity contribution in [3.8, 4) is 16.9 Å². The van der Waals surface area contributed by atoms with Crippen molar-refractivity contribution in [3.63, 3.8) is 0 Å². The third-order valence-electron chi connectivity index (χ3n) is 3.73. The van der Waals surface area contributed by atoms with Crippen molar-refractivity contribution in [2.75, 3.05) is 0 Å². The van der Waals surface area contributed by atoms with Crippen molar-refractivity contribution in [2.24, 2.45) is 0 Å². The number of carboxylic acids is 1. The molecule has 0 bridgehead atoms. The number of hydrogen-bond acceptors (Lipinski definition) is 3. The first kappa shape index (κ1) is 16.7. The second-order valence-electron chi connectivity index (χ2n) is 5.41. The summed E-state index contributed by atoms with van der Waals surface area (Å²) in [5.41, 5.74) is 0.919. The number of carboxylic acid groups (broad SMARTS) is 1. The van der Waals surface area contributed by atoms with Crippen LogP contribution in [0.5, 0.6) is 5.75 Å². The van der Waals surface area contributed by atoms with Crippen LogP contribution >= 0.6 is 0 Å². The molecule has 0 fully saturated rings. The molecular weight excluding hydrogens is 330 g/mol. The Hall–Kier alpha value is -3.15. The summed E-state index contributed by atoms with van der Waals surface area (Å²) in [6.07, 6.45) is 0. The first-order chi connectivity index (χ1) is 12.0. The predicted octanol–water partition coefficient (Wildman–Crippen LogP) is 4.81. The number of ether oxygens (including phenoxy) is 1. The van der Waals surface area contributed by atoms with Crippen molar-refractivity contribution >= 4 is 5.97 Å². The minimum Gasteiger partial charge on any atom is -0.489 e. The highest BCUT2D eigenvalue weighted by Gasteiger charge is 2.14. The smallest absolute Gasteiger partial charge is 0.371 e. The van der Waals surface area contributed by atoms with E-state index < -0.39 is 17.6 Å². The third kappa shape index (κ3) is 3.52. The summed E-state index contributed by atoms with van der Waals surface area (Å²) < 4.78 is 38.3. The molecule has 3 rings (SSSR count). The highest BCUT2D eigenvalue weighted by atomic mass is 19.1. The Bertz CT molecular complexity index is 893. The lowest BCUT2D eigenvalue weighted by molar-refractivity contribution is 0.0661. The lowest BCUT2D eigenvalue weighted by Gasteiger charge is -2.08. The number of halogens is 2. The van der Waals surface area contributed by atoms with E-state index in [4.69, 9.17) is 14.3 Å². The van der Waals surface area contributed by atoms with Gasteiger partial charge in [-0.05, 0) is 42.8 Å². The first-order valence-corrected chi connectivity index (χ1v) is 7.45. The number of furan rings is 1. The van der Waals surface area contributed by atoms with Crippen molar-refractivity contribution in [1.82, 2.24) is 0 Å². The molecule has 1 heterocycles. The van der Waals surface area contributed by atoms with Crippen LogP contribution in [0.15, 0.2) is 52.9 Å². The van der Waals surface area contributed by atoms with E-state index >= 15 is 0 Å². The SMILES string of the molecule is Cc1oc(C(=O)O)cc1COc1ccc(-c2c(F)cccc2F)cc1. The molecule has 1 N–H and O–H groups in total. The van der Waals surface area contributed by atoms with E-state index in [1.54, 1.807) is 31.2 Å². The summed E-state index contributed by atoms with van der Waals surface area (Å²) in [5, 5.41) is 8.90. The summed E-state index contributed by atoms with van der Waals surface area (Å²) >= 11 is 0. The standard InChI is InChI=1S/C19H14F2O4/c1-11-13(9-17(25-11)19(22)23)10-24-14-7-5-12(6-8-14)18-15(20)3-2-4-16(18)21/h2-9H,10H2,1H3,(H,22,23). The Morgan fingerprint density at radius 1 is 1.12 bits per heavy atom. The molecule has 25 heavy (non-hydrogen) atoms. The van der Waals surface area contributed by atoms with Crippen molar-refractivity contribution < 1.29 is 27.8 Å². The molecule has 0 saturated carbocycles. The minimum atomic E-state index is -1.15. The van der Waals surface area contributed by atoms with Crippen LogP contribution in [0.1, 0.15) is 21.9 Å². The van der Waals surface area contributed by atoms with Crippen LogP contribution in [-0.4, -0.2) is 11.1 Å². The van der Waals surface area contributed by atoms with Crippen LogP contribution in [-0.2, 0) is 6.61 Å². The monoisotopic (exact) mass is 344 g/mol. The lowest BCUT2D eigenvalue weighted by atomic mass is 10.0. The van der Waals surface area contributed by atoms with E-state index in [1.165, 1.54) is 24.3 Å². The van der Waals surface area contributed by atoms with E-state index in [0.29, 0.717) is 22.6 Å². The molecule has 0 saturated heterocycles. The Morgan fingerprint density at radius 2 is 1.76 bits per heavy atom. The highest BCUT2D eigenvalue weighted by molar-refractivity contribution is 5.84. The van der Waals surface area contributed by atoms with Crippen molar-refractivity contribution in [2.45, 2.75) is 13.5 Å². The Morgan fingerprint density at radius 3 is 2.32 bits per heavy atom. The predicted molar refractivity (Wildman–Crippen MR) is 86.5 cm³/mol. The van der Waals surface area contributed by atoms with Gasteiger partial charge in [0.05, 0.1) is 5.56 Å². The fourth-order valence-electron chi connectivity index (χ4n) is 2.42. The maximum atomic E-state index is 13.8. The summed E-state index contributed by atoms with van der Waals surface area (Å²) in [6.45, 7) is 1.77. The van der Waals surface area contributed by atoms with Gasteiger partial charge in [0.2, 0.25) is 5.76 Å². The number of benzene rings is 2. The van der Waals surface area contributed by atoms with Gasteiger partial charge in [0.25, 0.3) is 0 Å². The molecule has 1 aromatic heterocycles. The van der Waals surface area contributed by atoms with Gasteiger partial charge in [-0.3, -0.25) is 0 Å². The average Bonchev–Trinajstić information content (AvgIpc) is 2.95. The number of carbonyl (C=O) groups is 1. The van der Waals surface area contributed by atoms with E-state index in [9.17, 15) is 13.6 Å². The molecule has 0 atom stereocenters. The van der Waals surface area contributed by atoms with Gasteiger partial charge < -0.3 is 14.3 Å². The van der Waals surface area contributed by atoms with Crippen LogP contribution in [0.25, 0.3) is 11.1 Å². The highest BCUT2D eigenvalue weighted by Crippen LogP contribution is 2.28. The lowest BCUT2D eigenvalue weighted by Crippen LogP contribution is -1.96. The number of hydrogen-bond donors (Lipinski definition) is 1. The number of rotatable bonds is 5. The van der Waals surface area contributed by atoms with Crippen LogP contribution in [0.2, 0.25) is 0 Å². The molecule has 128 valence electrons. The molecule has 0 radical (unpaired) electrons. The number of aryl methyl sites for hydroxylation is 1. The van der Waals surface area contributed by atoms with Gasteiger partial charge in [-0.25, -0.2) is 13.6 Å². The van der Waals surface area contributed by atoms with Gasteiger partial charge in [0.15, 0.2) is 0 Å². The van der Waals surface area contributed by atoms with E-state index in [1.807, 2.05) is 0 Å². The fraction of sp³-hybridized carbons (Fsp3) is 0.105. The van der Waals surface area contributed by atoms with E-state index in [-0.39, 0.29) is 17.9 Å². The minimum absolute atomic E-state index is 0.0918. The maximum absolute atomic E-state index is 13.8. The van der Waals surface area contributed by atoms with Gasteiger partial charge in [-0.1, -0.05) is 18.2 Å². The molecular formula is C19H14F2O4. The Balaban J connectivity index is 1.74. The van der Waals surface area contributed by atoms with E-state index in [0.717, 1.165) is 0 Å². The van der Waals surface area contributed by atoms with Gasteiger partial charge in [0, 0.05) is 5.56 Å². The second-order valence-corrected chi connectivity index (χ2v) is 5.41. The Kier molecular flexibility index (Phi) is 4.52. The molecule has 0 amide bonds. The molecule has 4 nitrogen and oxygen atoms in total. The quantitative estimate of drug-likeness (QED) is 0.721. The zero-order valence-electron chi connectivity index (χ0n) is 13.3. The van der Waals surface area contributed by atoms with Gasteiger partial charge in [-0.15, -0.1) is 0 Å². The van der Waals surface area contributed by atoms with Gasteiger partial charge in [-0.2, -0.15) is 0 Å². The summed E-state index contributed by atoms with van der Waals surface area (Å²) in [6, 6.07) is 11.4. The number of aromatic carboxylic acids is 1. The fourth-order valence-corrected chi connectivity index (χ4v) is 2.42. The molecule has 0 aliphatic rings. The summed E-state index contributed by atoms with van der Waals surface area (Å²) in [4.78, 5) is 10.9. The Labute approximate surface area is 142 Å². The van der Waals surface area contributed by atoms with Crippen LogP contribution in [0, 0.1) is 18.6 Å². The molecule has 2 aromatic carbocycles. The summed E-state index contributed by atoms with van der Waals surface area (Å²) in [5.74, 6) is -1.62. The first-order valence-electron chi connectivity index (χ1n) is 7.45. The topological polar surface area (TPSA) is 59.7 Å². The largest absolute Gasteiger partial charge is 0.489 e. The molecule has 0 aliphatic carbocycles. The zero-order valence-corrected chi connectivity index (χ0v) is 13.3. The van der Waals surface area contributed by atoms with Gasteiger partial charge >= 0.3 is 5.97 Å². The maximum Gasteiger partial charge on any atom is 0.371 e. The van der Waals surface area contributed by atoms with E-state index in [2.05, 4.69) is 0 Å².